The number of carbonyl (C=O) groups excluding carboxylic acids is 1. The van der Waals surface area contributed by atoms with E-state index in [0.29, 0.717) is 12.6 Å². The number of piperidine rings is 1. The van der Waals surface area contributed by atoms with Crippen molar-refractivity contribution in [1.82, 2.24) is 19.0 Å². The number of fused-ring (bicyclic) bond motifs is 1. The minimum absolute atomic E-state index is 0.0584. The van der Waals surface area contributed by atoms with Crippen molar-refractivity contribution in [2.75, 3.05) is 19.7 Å². The molecule has 0 aliphatic carbocycles. The van der Waals surface area contributed by atoms with Crippen molar-refractivity contribution in [3.8, 4) is 11.4 Å². The molecule has 6 nitrogen and oxygen atoms in total. The Morgan fingerprint density at radius 2 is 1.97 bits per heavy atom. The quantitative estimate of drug-likeness (QED) is 0.366. The summed E-state index contributed by atoms with van der Waals surface area (Å²) in [5.41, 5.74) is 4.09. The molecule has 0 unspecified atom stereocenters. The highest BCUT2D eigenvalue weighted by Crippen LogP contribution is 2.28. The number of aromatic nitrogens is 3. The van der Waals surface area contributed by atoms with Crippen molar-refractivity contribution >= 4 is 22.9 Å². The summed E-state index contributed by atoms with van der Waals surface area (Å²) in [6, 6.07) is 17.1. The summed E-state index contributed by atoms with van der Waals surface area (Å²) in [7, 11) is 0. The first-order chi connectivity index (χ1) is 16.6. The van der Waals surface area contributed by atoms with Crippen LogP contribution in [-0.2, 0) is 4.79 Å². The fourth-order valence-corrected chi connectivity index (χ4v) is 4.73. The lowest BCUT2D eigenvalue weighted by Gasteiger charge is -2.32. The number of nitrogens with zero attached hydrogens (tertiary/aromatic N) is 4. The second kappa shape index (κ2) is 9.59. The zero-order valence-electron chi connectivity index (χ0n) is 19.7. The van der Waals surface area contributed by atoms with Gasteiger partial charge >= 0.3 is 0 Å². The molecule has 2 aromatic carbocycles. The highest BCUT2D eigenvalue weighted by molar-refractivity contribution is 5.92. The molecule has 1 saturated heterocycles. The Hall–Kier alpha value is -3.80. The molecule has 1 fully saturated rings. The highest BCUT2D eigenvalue weighted by Gasteiger charge is 2.23. The number of carbonyl (C=O) groups is 1. The van der Waals surface area contributed by atoms with Gasteiger partial charge in [0.1, 0.15) is 5.75 Å². The minimum Gasteiger partial charge on any atom is -0.492 e. The second-order valence-corrected chi connectivity index (χ2v) is 8.75. The molecule has 0 saturated carbocycles. The average molecular weight is 455 g/mol. The largest absolute Gasteiger partial charge is 0.492 e. The number of rotatable bonds is 6. The van der Waals surface area contributed by atoms with Gasteiger partial charge in [0.25, 0.3) is 0 Å². The predicted molar refractivity (Wildman–Crippen MR) is 135 cm³/mol. The summed E-state index contributed by atoms with van der Waals surface area (Å²) >= 11 is 0. The van der Waals surface area contributed by atoms with Crippen LogP contribution in [0.25, 0.3) is 22.7 Å². The van der Waals surface area contributed by atoms with Crippen LogP contribution in [0, 0.1) is 6.92 Å². The van der Waals surface area contributed by atoms with Gasteiger partial charge in [-0.15, -0.1) is 0 Å². The van der Waals surface area contributed by atoms with Crippen LogP contribution in [0.5, 0.6) is 5.75 Å². The zero-order chi connectivity index (χ0) is 23.5. The number of hydrogen-bond donors (Lipinski definition) is 0. The fraction of sp³-hybridized carbons (Fsp3) is 0.286. The third-order valence-electron chi connectivity index (χ3n) is 6.49. The summed E-state index contributed by atoms with van der Waals surface area (Å²) in [5, 5.41) is 1.27. The zero-order valence-corrected chi connectivity index (χ0v) is 19.7. The van der Waals surface area contributed by atoms with E-state index in [-0.39, 0.29) is 5.91 Å². The average Bonchev–Trinajstić information content (AvgIpc) is 3.49. The Bertz CT molecular complexity index is 1330. The van der Waals surface area contributed by atoms with Crippen LogP contribution in [0.2, 0.25) is 0 Å². The van der Waals surface area contributed by atoms with E-state index in [1.165, 1.54) is 10.9 Å². The first-order valence-corrected chi connectivity index (χ1v) is 11.9. The summed E-state index contributed by atoms with van der Waals surface area (Å²) in [5.74, 6) is 0.831. The molecule has 0 radical (unpaired) electrons. The number of ether oxygens (including phenoxy) is 1. The molecular formula is C28H30N4O2. The van der Waals surface area contributed by atoms with Gasteiger partial charge in [0.15, 0.2) is 0 Å². The van der Waals surface area contributed by atoms with Crippen molar-refractivity contribution in [2.24, 2.45) is 0 Å². The van der Waals surface area contributed by atoms with E-state index in [4.69, 9.17) is 4.74 Å². The van der Waals surface area contributed by atoms with E-state index in [2.05, 4.69) is 46.1 Å². The monoisotopic (exact) mass is 454 g/mol. The molecule has 34 heavy (non-hydrogen) atoms. The van der Waals surface area contributed by atoms with Crippen molar-refractivity contribution in [3.63, 3.8) is 0 Å². The number of likely N-dealkylation sites (tertiary alicyclic amines) is 1. The Kier molecular flexibility index (Phi) is 6.21. The molecule has 1 aliphatic rings. The van der Waals surface area contributed by atoms with Gasteiger partial charge in [0.05, 0.1) is 24.3 Å². The Morgan fingerprint density at radius 1 is 1.15 bits per heavy atom. The van der Waals surface area contributed by atoms with Crippen LogP contribution in [0.4, 0.5) is 0 Å². The third kappa shape index (κ3) is 4.49. The summed E-state index contributed by atoms with van der Waals surface area (Å²) < 4.78 is 10.2. The number of aryl methyl sites for hydroxylation is 1. The normalized spacial score (nSPS) is 14.8. The van der Waals surface area contributed by atoms with Crippen molar-refractivity contribution in [3.05, 3.63) is 84.6 Å². The summed E-state index contributed by atoms with van der Waals surface area (Å²) in [6.07, 6.45) is 11.4. The predicted octanol–water partition coefficient (Wildman–Crippen LogP) is 5.41. The van der Waals surface area contributed by atoms with E-state index >= 15 is 0 Å². The molecule has 0 atom stereocenters. The fourth-order valence-electron chi connectivity index (χ4n) is 4.73. The standard InChI is InChI=1S/C28H30N4O2/c1-3-34-27-18-22(8-10-26(27)31-19-21(2)29-20-31)9-11-28(33)30-15-13-24(14-16-30)32-17-12-23-6-4-5-7-25(23)32/h4-12,17-20,24H,3,13-16H2,1-2H3/b11-9+. The molecule has 1 amide bonds. The van der Waals surface area contributed by atoms with Gasteiger partial charge < -0.3 is 18.8 Å². The molecule has 5 rings (SSSR count). The maximum atomic E-state index is 12.9. The third-order valence-corrected chi connectivity index (χ3v) is 6.49. The van der Waals surface area contributed by atoms with Crippen LogP contribution in [0.15, 0.2) is 73.3 Å². The van der Waals surface area contributed by atoms with Crippen molar-refractivity contribution in [2.45, 2.75) is 32.7 Å². The topological polar surface area (TPSA) is 52.3 Å². The highest BCUT2D eigenvalue weighted by atomic mass is 16.5. The van der Waals surface area contributed by atoms with Crippen molar-refractivity contribution in [1.29, 1.82) is 0 Å². The molecule has 4 aromatic rings. The smallest absolute Gasteiger partial charge is 0.246 e. The summed E-state index contributed by atoms with van der Waals surface area (Å²) in [4.78, 5) is 19.1. The molecule has 6 heteroatoms. The number of para-hydroxylation sites is 1. The van der Waals surface area contributed by atoms with E-state index in [0.717, 1.165) is 48.6 Å². The molecule has 174 valence electrons. The number of imidazole rings is 1. The first-order valence-electron chi connectivity index (χ1n) is 11.9. The number of amides is 1. The van der Waals surface area contributed by atoms with Gasteiger partial charge in [-0.05, 0) is 68.0 Å². The lowest BCUT2D eigenvalue weighted by Crippen LogP contribution is -2.38. The summed E-state index contributed by atoms with van der Waals surface area (Å²) in [6.45, 7) is 6.03. The molecule has 0 spiro atoms. The Labute approximate surface area is 200 Å². The Morgan fingerprint density at radius 3 is 2.74 bits per heavy atom. The lowest BCUT2D eigenvalue weighted by molar-refractivity contribution is -0.127. The molecule has 1 aliphatic heterocycles. The van der Waals surface area contributed by atoms with Gasteiger partial charge in [-0.1, -0.05) is 24.3 Å². The van der Waals surface area contributed by atoms with E-state index in [9.17, 15) is 4.79 Å². The lowest BCUT2D eigenvalue weighted by atomic mass is 10.0. The molecule has 3 heterocycles. The molecular weight excluding hydrogens is 424 g/mol. The van der Waals surface area contributed by atoms with Gasteiger partial charge in [0.2, 0.25) is 5.91 Å². The van der Waals surface area contributed by atoms with Crippen LogP contribution in [0.3, 0.4) is 0 Å². The molecule has 0 bridgehead atoms. The van der Waals surface area contributed by atoms with Gasteiger partial charge in [0, 0.05) is 43.1 Å². The molecule has 2 aromatic heterocycles. The first kappa shape index (κ1) is 22.0. The van der Waals surface area contributed by atoms with Crippen LogP contribution in [0.1, 0.15) is 37.1 Å². The van der Waals surface area contributed by atoms with Crippen LogP contribution in [-0.4, -0.2) is 44.6 Å². The molecule has 0 N–H and O–H groups in total. The Balaban J connectivity index is 1.24. The van der Waals surface area contributed by atoms with Crippen LogP contribution < -0.4 is 4.74 Å². The van der Waals surface area contributed by atoms with E-state index in [1.807, 2.05) is 53.8 Å². The van der Waals surface area contributed by atoms with Crippen molar-refractivity contribution < 1.29 is 9.53 Å². The van der Waals surface area contributed by atoms with E-state index in [1.54, 1.807) is 12.4 Å². The van der Waals surface area contributed by atoms with Gasteiger partial charge in [-0.25, -0.2) is 4.98 Å². The van der Waals surface area contributed by atoms with Crippen LogP contribution >= 0.6 is 0 Å². The minimum atomic E-state index is 0.0584. The maximum Gasteiger partial charge on any atom is 0.246 e. The van der Waals surface area contributed by atoms with E-state index < -0.39 is 0 Å². The maximum absolute atomic E-state index is 12.9. The SMILES string of the molecule is CCOc1cc(/C=C/C(=O)N2CCC(n3ccc4ccccc43)CC2)ccc1-n1cnc(C)c1. The van der Waals surface area contributed by atoms with Gasteiger partial charge in [-0.2, -0.15) is 0 Å². The van der Waals surface area contributed by atoms with Gasteiger partial charge in [-0.3, -0.25) is 4.79 Å². The number of benzene rings is 2. The second-order valence-electron chi connectivity index (χ2n) is 8.75. The number of hydrogen-bond acceptors (Lipinski definition) is 3.